The number of hydrogen-bond acceptors (Lipinski definition) is 4. The van der Waals surface area contributed by atoms with E-state index in [1.165, 1.54) is 0 Å². The van der Waals surface area contributed by atoms with E-state index in [-0.39, 0.29) is 5.91 Å². The van der Waals surface area contributed by atoms with Gasteiger partial charge in [-0.2, -0.15) is 0 Å². The molecule has 21 heavy (non-hydrogen) atoms. The Morgan fingerprint density at radius 2 is 1.95 bits per heavy atom. The van der Waals surface area contributed by atoms with Crippen molar-refractivity contribution < 1.29 is 14.3 Å². The van der Waals surface area contributed by atoms with Crippen LogP contribution in [0.25, 0.3) is 0 Å². The van der Waals surface area contributed by atoms with Crippen LogP contribution in [-0.4, -0.2) is 26.2 Å². The molecule has 0 saturated heterocycles. The molecule has 1 amide bonds. The summed E-state index contributed by atoms with van der Waals surface area (Å²) in [5.74, 6) is 1.33. The molecule has 1 aromatic rings. The average molecular weight is 294 g/mol. The summed E-state index contributed by atoms with van der Waals surface area (Å²) in [4.78, 5) is 11.9. The van der Waals surface area contributed by atoms with Crippen LogP contribution in [0.15, 0.2) is 18.2 Å². The molecular weight excluding hydrogens is 268 g/mol. The average Bonchev–Trinajstić information content (AvgIpc) is 2.48. The van der Waals surface area contributed by atoms with Crippen LogP contribution < -0.4 is 20.5 Å². The summed E-state index contributed by atoms with van der Waals surface area (Å²) in [6.45, 7) is 3.18. The van der Waals surface area contributed by atoms with Crippen molar-refractivity contribution in [2.75, 3.05) is 25.6 Å². The molecule has 0 saturated carbocycles. The number of ether oxygens (including phenoxy) is 2. The zero-order chi connectivity index (χ0) is 15.5. The van der Waals surface area contributed by atoms with Gasteiger partial charge in [0.2, 0.25) is 5.91 Å². The van der Waals surface area contributed by atoms with Crippen molar-refractivity contribution in [2.24, 2.45) is 5.73 Å². The molecule has 1 rings (SSSR count). The van der Waals surface area contributed by atoms with Crippen molar-refractivity contribution in [3.05, 3.63) is 18.2 Å². The second-order valence-corrected chi connectivity index (χ2v) is 4.80. The van der Waals surface area contributed by atoms with E-state index < -0.39 is 0 Å². The quantitative estimate of drug-likeness (QED) is 0.651. The fraction of sp³-hybridized carbons (Fsp3) is 0.562. The van der Waals surface area contributed by atoms with E-state index in [2.05, 4.69) is 5.32 Å². The highest BCUT2D eigenvalue weighted by Crippen LogP contribution is 2.30. The first-order valence-corrected chi connectivity index (χ1v) is 7.52. The highest BCUT2D eigenvalue weighted by Gasteiger charge is 2.07. The minimum Gasteiger partial charge on any atom is -0.493 e. The van der Waals surface area contributed by atoms with Gasteiger partial charge in [0.1, 0.15) is 0 Å². The highest BCUT2D eigenvalue weighted by atomic mass is 16.5. The van der Waals surface area contributed by atoms with E-state index in [0.29, 0.717) is 24.5 Å². The first-order valence-electron chi connectivity index (χ1n) is 7.52. The number of carbonyl (C=O) groups excluding carboxylic acids is 1. The molecule has 1 aromatic carbocycles. The molecule has 0 aromatic heterocycles. The molecule has 118 valence electrons. The molecule has 0 spiro atoms. The van der Waals surface area contributed by atoms with Gasteiger partial charge >= 0.3 is 0 Å². The summed E-state index contributed by atoms with van der Waals surface area (Å²) in [5.41, 5.74) is 6.16. The number of carbonyl (C=O) groups is 1. The topological polar surface area (TPSA) is 73.6 Å². The van der Waals surface area contributed by atoms with E-state index in [1.807, 2.05) is 13.0 Å². The second-order valence-electron chi connectivity index (χ2n) is 4.80. The van der Waals surface area contributed by atoms with Crippen LogP contribution in [0, 0.1) is 0 Å². The summed E-state index contributed by atoms with van der Waals surface area (Å²) < 4.78 is 10.7. The lowest BCUT2D eigenvalue weighted by atomic mass is 10.1. The fourth-order valence-electron chi connectivity index (χ4n) is 2.03. The van der Waals surface area contributed by atoms with Gasteiger partial charge in [-0.05, 0) is 38.4 Å². The minimum absolute atomic E-state index is 0.0235. The van der Waals surface area contributed by atoms with Crippen molar-refractivity contribution in [3.63, 3.8) is 0 Å². The highest BCUT2D eigenvalue weighted by molar-refractivity contribution is 5.91. The van der Waals surface area contributed by atoms with Gasteiger partial charge in [-0.15, -0.1) is 0 Å². The number of rotatable bonds is 10. The Bertz CT molecular complexity index is 436. The van der Waals surface area contributed by atoms with Crippen LogP contribution >= 0.6 is 0 Å². The van der Waals surface area contributed by atoms with Crippen LogP contribution in [0.1, 0.15) is 39.0 Å². The van der Waals surface area contributed by atoms with Gasteiger partial charge in [-0.25, -0.2) is 0 Å². The molecule has 0 radical (unpaired) electrons. The number of methoxy groups -OCH3 is 1. The predicted octanol–water partition coefficient (Wildman–Crippen LogP) is 2.94. The molecule has 3 N–H and O–H groups in total. The lowest BCUT2D eigenvalue weighted by Crippen LogP contribution is -2.11. The maximum atomic E-state index is 11.9. The second kappa shape index (κ2) is 10.0. The van der Waals surface area contributed by atoms with Crippen molar-refractivity contribution >= 4 is 11.6 Å². The third-order valence-electron chi connectivity index (χ3n) is 3.11. The smallest absolute Gasteiger partial charge is 0.224 e. The Morgan fingerprint density at radius 1 is 1.19 bits per heavy atom. The Labute approximate surface area is 126 Å². The van der Waals surface area contributed by atoms with Crippen LogP contribution in [0.4, 0.5) is 5.69 Å². The molecule has 5 heteroatoms. The van der Waals surface area contributed by atoms with Crippen molar-refractivity contribution in [1.82, 2.24) is 0 Å². The molecule has 0 heterocycles. The third kappa shape index (κ3) is 6.49. The van der Waals surface area contributed by atoms with Gasteiger partial charge in [0.05, 0.1) is 13.7 Å². The summed E-state index contributed by atoms with van der Waals surface area (Å²) in [5, 5.41) is 2.88. The van der Waals surface area contributed by atoms with Crippen molar-refractivity contribution in [1.29, 1.82) is 0 Å². The number of nitrogens with one attached hydrogen (secondary N) is 1. The van der Waals surface area contributed by atoms with E-state index in [0.717, 1.165) is 37.9 Å². The molecule has 0 atom stereocenters. The molecule has 0 aliphatic heterocycles. The number of anilines is 1. The van der Waals surface area contributed by atoms with Crippen molar-refractivity contribution in [2.45, 2.75) is 39.0 Å². The number of unbranched alkanes of at least 4 members (excludes halogenated alkanes) is 3. The largest absolute Gasteiger partial charge is 0.493 e. The van der Waals surface area contributed by atoms with Crippen LogP contribution in [0.3, 0.4) is 0 Å². The van der Waals surface area contributed by atoms with E-state index >= 15 is 0 Å². The maximum Gasteiger partial charge on any atom is 0.224 e. The van der Waals surface area contributed by atoms with Gasteiger partial charge < -0.3 is 20.5 Å². The molecule has 0 aliphatic carbocycles. The number of amides is 1. The maximum absolute atomic E-state index is 11.9. The standard InChI is InChI=1S/C16H26N2O3/c1-3-21-15-12-13(9-10-14(15)20-2)18-16(19)8-6-4-5-7-11-17/h9-10,12H,3-8,11,17H2,1-2H3,(H,18,19). The number of nitrogens with two attached hydrogens (primary N) is 1. The van der Waals surface area contributed by atoms with Gasteiger partial charge in [-0.3, -0.25) is 4.79 Å². The van der Waals surface area contributed by atoms with Gasteiger partial charge in [-0.1, -0.05) is 12.8 Å². The number of benzene rings is 1. The molecule has 0 fully saturated rings. The molecule has 0 aliphatic rings. The normalized spacial score (nSPS) is 10.2. The zero-order valence-electron chi connectivity index (χ0n) is 13.0. The van der Waals surface area contributed by atoms with Crippen LogP contribution in [0.2, 0.25) is 0 Å². The SMILES string of the molecule is CCOc1cc(NC(=O)CCCCCCN)ccc1OC. The first-order chi connectivity index (χ1) is 10.2. The van der Waals surface area contributed by atoms with Crippen LogP contribution in [0.5, 0.6) is 11.5 Å². The van der Waals surface area contributed by atoms with E-state index in [4.69, 9.17) is 15.2 Å². The van der Waals surface area contributed by atoms with Crippen LogP contribution in [-0.2, 0) is 4.79 Å². The fourth-order valence-corrected chi connectivity index (χ4v) is 2.03. The molecule has 5 nitrogen and oxygen atoms in total. The zero-order valence-corrected chi connectivity index (χ0v) is 13.0. The van der Waals surface area contributed by atoms with Crippen molar-refractivity contribution in [3.8, 4) is 11.5 Å². The summed E-state index contributed by atoms with van der Waals surface area (Å²) in [6.07, 6.45) is 4.57. The molecular formula is C16H26N2O3. The molecule has 0 unspecified atom stereocenters. The Morgan fingerprint density at radius 3 is 2.62 bits per heavy atom. The monoisotopic (exact) mass is 294 g/mol. The number of hydrogen-bond donors (Lipinski definition) is 2. The Hall–Kier alpha value is -1.75. The Kier molecular flexibility index (Phi) is 8.28. The van der Waals surface area contributed by atoms with E-state index in [1.54, 1.807) is 19.2 Å². The lowest BCUT2D eigenvalue weighted by Gasteiger charge is -2.11. The summed E-state index contributed by atoms with van der Waals surface area (Å²) in [6, 6.07) is 5.39. The minimum atomic E-state index is 0.0235. The Balaban J connectivity index is 2.46. The first kappa shape index (κ1) is 17.3. The van der Waals surface area contributed by atoms with E-state index in [9.17, 15) is 4.79 Å². The van der Waals surface area contributed by atoms with Gasteiger partial charge in [0, 0.05) is 18.2 Å². The van der Waals surface area contributed by atoms with Gasteiger partial charge in [0.15, 0.2) is 11.5 Å². The molecule has 0 bridgehead atoms. The summed E-state index contributed by atoms with van der Waals surface area (Å²) in [7, 11) is 1.59. The predicted molar refractivity (Wildman–Crippen MR) is 84.9 cm³/mol. The summed E-state index contributed by atoms with van der Waals surface area (Å²) >= 11 is 0. The van der Waals surface area contributed by atoms with Gasteiger partial charge in [0.25, 0.3) is 0 Å². The lowest BCUT2D eigenvalue weighted by molar-refractivity contribution is -0.116. The third-order valence-corrected chi connectivity index (χ3v) is 3.11.